The molecular weight excluding hydrogens is 110 g/mol. The van der Waals surface area contributed by atoms with Crippen LogP contribution in [-0.2, 0) is 0 Å². The van der Waals surface area contributed by atoms with E-state index in [1.807, 2.05) is 13.0 Å². The molecule has 0 aliphatic carbocycles. The lowest BCUT2D eigenvalue weighted by Crippen LogP contribution is -2.01. The van der Waals surface area contributed by atoms with Crippen molar-refractivity contribution in [2.75, 3.05) is 6.54 Å². The van der Waals surface area contributed by atoms with Crippen LogP contribution < -0.4 is 5.73 Å². The Morgan fingerprint density at radius 1 is 1.44 bits per heavy atom. The van der Waals surface area contributed by atoms with E-state index in [9.17, 15) is 0 Å². The second-order valence-corrected chi connectivity index (χ2v) is 2.23. The molecule has 0 aromatic heterocycles. The normalized spacial score (nSPS) is 10.2. The van der Waals surface area contributed by atoms with Crippen LogP contribution in [-0.4, -0.2) is 6.54 Å². The minimum atomic E-state index is 0.646. The average Bonchev–Trinajstić information content (AvgIpc) is 1.82. The number of rotatable bonds is 2. The van der Waals surface area contributed by atoms with Gasteiger partial charge in [0.2, 0.25) is 0 Å². The molecule has 0 saturated heterocycles. The number of allylic oxidation sites excluding steroid dienone is 2. The number of hydrogen-bond acceptors (Lipinski definition) is 1. The van der Waals surface area contributed by atoms with Crippen molar-refractivity contribution in [3.8, 4) is 0 Å². The lowest BCUT2D eigenvalue weighted by Gasteiger charge is -1.98. The maximum atomic E-state index is 5.45. The predicted molar refractivity (Wildman–Crippen MR) is 42.2 cm³/mol. The van der Waals surface area contributed by atoms with Gasteiger partial charge in [-0.2, -0.15) is 0 Å². The van der Waals surface area contributed by atoms with Gasteiger partial charge in [0.25, 0.3) is 0 Å². The van der Waals surface area contributed by atoms with E-state index in [2.05, 4.69) is 19.9 Å². The molecule has 0 unspecified atom stereocenters. The summed E-state index contributed by atoms with van der Waals surface area (Å²) in [7, 11) is 0. The third-order valence-corrected chi connectivity index (χ3v) is 1.23. The molecule has 0 spiro atoms. The van der Waals surface area contributed by atoms with Gasteiger partial charge in [0.15, 0.2) is 0 Å². The van der Waals surface area contributed by atoms with E-state index in [4.69, 9.17) is 5.73 Å². The van der Waals surface area contributed by atoms with Crippen LogP contribution in [0.3, 0.4) is 0 Å². The smallest absolute Gasteiger partial charge is 0.0177 e. The Hall–Kier alpha value is -0.560. The fourth-order valence-electron chi connectivity index (χ4n) is 0.640. The third kappa shape index (κ3) is 3.09. The molecule has 2 N–H and O–H groups in total. The summed E-state index contributed by atoms with van der Waals surface area (Å²) in [5.41, 5.74) is 7.99. The lowest BCUT2D eigenvalue weighted by molar-refractivity contribution is 1.13. The van der Waals surface area contributed by atoms with Crippen molar-refractivity contribution in [3.05, 3.63) is 23.3 Å². The van der Waals surface area contributed by atoms with Crippen molar-refractivity contribution < 1.29 is 0 Å². The van der Waals surface area contributed by atoms with Gasteiger partial charge < -0.3 is 5.73 Å². The van der Waals surface area contributed by atoms with E-state index in [0.717, 1.165) is 0 Å². The van der Waals surface area contributed by atoms with E-state index in [-0.39, 0.29) is 0 Å². The molecule has 0 amide bonds. The predicted octanol–water partition coefficient (Wildman–Crippen LogP) is 1.86. The topological polar surface area (TPSA) is 26.0 Å². The molecule has 0 rings (SSSR count). The summed E-state index contributed by atoms with van der Waals surface area (Å²) in [5.74, 6) is 0. The van der Waals surface area contributed by atoms with Crippen LogP contribution in [0.5, 0.6) is 0 Å². The van der Waals surface area contributed by atoms with Gasteiger partial charge in [0.1, 0.15) is 0 Å². The van der Waals surface area contributed by atoms with E-state index < -0.39 is 0 Å². The first kappa shape index (κ1) is 8.44. The van der Waals surface area contributed by atoms with Crippen LogP contribution in [0.25, 0.3) is 0 Å². The lowest BCUT2D eigenvalue weighted by atomic mass is 10.1. The van der Waals surface area contributed by atoms with E-state index in [1.165, 1.54) is 11.1 Å². The molecule has 1 heteroatoms. The quantitative estimate of drug-likeness (QED) is 0.560. The Morgan fingerprint density at radius 2 is 2.00 bits per heavy atom. The Balaban J connectivity index is 4.16. The minimum absolute atomic E-state index is 0.646. The van der Waals surface area contributed by atoms with Crippen molar-refractivity contribution in [2.45, 2.75) is 20.8 Å². The second-order valence-electron chi connectivity index (χ2n) is 2.23. The summed E-state index contributed by atoms with van der Waals surface area (Å²) < 4.78 is 0. The van der Waals surface area contributed by atoms with Crippen molar-refractivity contribution in [1.82, 2.24) is 0 Å². The SMILES string of the molecule is C/C=C\C(CN)=C(C)C. The Morgan fingerprint density at radius 3 is 2.11 bits per heavy atom. The minimum Gasteiger partial charge on any atom is -0.326 e. The van der Waals surface area contributed by atoms with Gasteiger partial charge in [-0.05, 0) is 26.3 Å². The summed E-state index contributed by atoms with van der Waals surface area (Å²) >= 11 is 0. The van der Waals surface area contributed by atoms with Crippen molar-refractivity contribution >= 4 is 0 Å². The van der Waals surface area contributed by atoms with Crippen molar-refractivity contribution in [3.63, 3.8) is 0 Å². The molecular formula is C8H15N. The van der Waals surface area contributed by atoms with Crippen LogP contribution in [0.2, 0.25) is 0 Å². The zero-order valence-corrected chi connectivity index (χ0v) is 6.44. The fraction of sp³-hybridized carbons (Fsp3) is 0.500. The highest BCUT2D eigenvalue weighted by Gasteiger charge is 1.87. The van der Waals surface area contributed by atoms with E-state index in [0.29, 0.717) is 6.54 Å². The summed E-state index contributed by atoms with van der Waals surface area (Å²) in [5, 5.41) is 0. The van der Waals surface area contributed by atoms with E-state index in [1.54, 1.807) is 0 Å². The van der Waals surface area contributed by atoms with E-state index >= 15 is 0 Å². The molecule has 0 aliphatic heterocycles. The van der Waals surface area contributed by atoms with Crippen molar-refractivity contribution in [2.24, 2.45) is 5.73 Å². The Kier molecular flexibility index (Phi) is 4.06. The maximum absolute atomic E-state index is 5.45. The van der Waals surface area contributed by atoms with Crippen LogP contribution >= 0.6 is 0 Å². The summed E-state index contributed by atoms with van der Waals surface area (Å²) in [4.78, 5) is 0. The molecule has 0 saturated carbocycles. The van der Waals surface area contributed by atoms with Gasteiger partial charge in [-0.1, -0.05) is 17.7 Å². The zero-order valence-electron chi connectivity index (χ0n) is 6.44. The third-order valence-electron chi connectivity index (χ3n) is 1.23. The fourth-order valence-corrected chi connectivity index (χ4v) is 0.640. The Labute approximate surface area is 57.3 Å². The number of hydrogen-bond donors (Lipinski definition) is 1. The molecule has 0 bridgehead atoms. The Bertz CT molecular complexity index is 128. The van der Waals surface area contributed by atoms with Crippen LogP contribution in [0, 0.1) is 0 Å². The molecule has 0 fully saturated rings. The highest BCUT2D eigenvalue weighted by atomic mass is 14.5. The molecule has 0 aromatic rings. The summed E-state index contributed by atoms with van der Waals surface area (Å²) in [6, 6.07) is 0. The molecule has 0 radical (unpaired) electrons. The molecule has 52 valence electrons. The highest BCUT2D eigenvalue weighted by molar-refractivity contribution is 5.23. The largest absolute Gasteiger partial charge is 0.326 e. The molecule has 0 heterocycles. The van der Waals surface area contributed by atoms with Gasteiger partial charge in [0.05, 0.1) is 0 Å². The molecule has 0 aliphatic rings. The van der Waals surface area contributed by atoms with Gasteiger partial charge in [-0.25, -0.2) is 0 Å². The van der Waals surface area contributed by atoms with Gasteiger partial charge >= 0.3 is 0 Å². The van der Waals surface area contributed by atoms with Gasteiger partial charge in [-0.3, -0.25) is 0 Å². The molecule has 0 atom stereocenters. The van der Waals surface area contributed by atoms with Crippen LogP contribution in [0.1, 0.15) is 20.8 Å². The first-order valence-electron chi connectivity index (χ1n) is 3.21. The second kappa shape index (κ2) is 4.33. The van der Waals surface area contributed by atoms with Gasteiger partial charge in [-0.15, -0.1) is 0 Å². The average molecular weight is 125 g/mol. The van der Waals surface area contributed by atoms with Crippen LogP contribution in [0.15, 0.2) is 23.3 Å². The molecule has 1 nitrogen and oxygen atoms in total. The molecule has 9 heavy (non-hydrogen) atoms. The summed E-state index contributed by atoms with van der Waals surface area (Å²) in [6.07, 6.45) is 4.06. The van der Waals surface area contributed by atoms with Crippen molar-refractivity contribution in [1.29, 1.82) is 0 Å². The molecule has 0 aromatic carbocycles. The first-order valence-corrected chi connectivity index (χ1v) is 3.21. The monoisotopic (exact) mass is 125 g/mol. The van der Waals surface area contributed by atoms with Crippen LogP contribution in [0.4, 0.5) is 0 Å². The standard InChI is InChI=1S/C8H15N/c1-4-5-8(6-9)7(2)3/h4-5H,6,9H2,1-3H3/b5-4-. The number of nitrogens with two attached hydrogens (primary N) is 1. The van der Waals surface area contributed by atoms with Gasteiger partial charge in [0, 0.05) is 6.54 Å². The first-order chi connectivity index (χ1) is 4.22. The highest BCUT2D eigenvalue weighted by Crippen LogP contribution is 2.01. The zero-order chi connectivity index (χ0) is 7.28. The maximum Gasteiger partial charge on any atom is 0.0177 e. The summed E-state index contributed by atoms with van der Waals surface area (Å²) in [6.45, 7) is 6.79.